The van der Waals surface area contributed by atoms with E-state index in [2.05, 4.69) is 4.98 Å². The average Bonchev–Trinajstić information content (AvgIpc) is 2.92. The van der Waals surface area contributed by atoms with Crippen LogP contribution in [0.15, 0.2) is 53.4 Å². The average molecular weight is 391 g/mol. The summed E-state index contributed by atoms with van der Waals surface area (Å²) in [6.45, 7) is 1.67. The van der Waals surface area contributed by atoms with E-state index in [9.17, 15) is 18.3 Å². The Morgan fingerprint density at radius 3 is 2.15 bits per heavy atom. The molecule has 0 fully saturated rings. The number of imidazole rings is 1. The van der Waals surface area contributed by atoms with Gasteiger partial charge in [0.1, 0.15) is 5.82 Å². The van der Waals surface area contributed by atoms with Crippen molar-refractivity contribution in [1.82, 2.24) is 9.55 Å². The largest absolute Gasteiger partial charge is 0.476 e. The minimum absolute atomic E-state index is 0.0675. The van der Waals surface area contributed by atoms with Crippen LogP contribution in [0.5, 0.6) is 0 Å². The molecule has 0 amide bonds. The van der Waals surface area contributed by atoms with Gasteiger partial charge in [-0.3, -0.25) is 4.57 Å². The first-order chi connectivity index (χ1) is 12.2. The summed E-state index contributed by atoms with van der Waals surface area (Å²) in [6, 6.07) is 13.1. The zero-order valence-electron chi connectivity index (χ0n) is 14.0. The first-order valence-electron chi connectivity index (χ1n) is 7.57. The van der Waals surface area contributed by atoms with E-state index in [1.54, 1.807) is 47.9 Å². The highest BCUT2D eigenvalue weighted by molar-refractivity contribution is 7.90. The number of aromatic carboxylic acids is 1. The molecule has 3 aromatic rings. The lowest BCUT2D eigenvalue weighted by atomic mass is 10.2. The maximum absolute atomic E-state index is 11.6. The van der Waals surface area contributed by atoms with E-state index in [1.165, 1.54) is 12.1 Å². The van der Waals surface area contributed by atoms with Crippen molar-refractivity contribution < 1.29 is 18.3 Å². The fourth-order valence-electron chi connectivity index (χ4n) is 2.66. The molecular formula is C18H15ClN2O4S. The molecular weight excluding hydrogens is 376 g/mol. The van der Waals surface area contributed by atoms with Gasteiger partial charge in [0.25, 0.3) is 0 Å². The second-order valence-corrected chi connectivity index (χ2v) is 8.24. The summed E-state index contributed by atoms with van der Waals surface area (Å²) in [5.74, 6) is -0.730. The molecule has 1 N–H and O–H groups in total. The Balaban J connectivity index is 2.22. The number of nitrogens with zero attached hydrogens (tertiary/aromatic N) is 2. The fraction of sp³-hybridized carbons (Fsp3) is 0.111. The van der Waals surface area contributed by atoms with Gasteiger partial charge in [0.2, 0.25) is 0 Å². The van der Waals surface area contributed by atoms with Crippen LogP contribution in [0.25, 0.3) is 17.1 Å². The van der Waals surface area contributed by atoms with Crippen LogP contribution < -0.4 is 0 Å². The molecule has 0 spiro atoms. The molecule has 3 rings (SSSR count). The molecule has 0 radical (unpaired) electrons. The van der Waals surface area contributed by atoms with E-state index in [4.69, 9.17) is 11.6 Å². The minimum atomic E-state index is -3.32. The van der Waals surface area contributed by atoms with Crippen molar-refractivity contribution in [2.45, 2.75) is 11.8 Å². The fourth-order valence-corrected chi connectivity index (χ4v) is 3.41. The number of rotatable bonds is 4. The molecule has 8 heteroatoms. The quantitative estimate of drug-likeness (QED) is 0.735. The maximum Gasteiger partial charge on any atom is 0.356 e. The normalized spacial score (nSPS) is 11.5. The van der Waals surface area contributed by atoms with E-state index < -0.39 is 15.8 Å². The van der Waals surface area contributed by atoms with Gasteiger partial charge in [0.15, 0.2) is 15.5 Å². The lowest BCUT2D eigenvalue weighted by Crippen LogP contribution is -2.02. The summed E-state index contributed by atoms with van der Waals surface area (Å²) in [4.78, 5) is 15.9. The molecule has 1 heterocycles. The smallest absolute Gasteiger partial charge is 0.356 e. The van der Waals surface area contributed by atoms with Crippen LogP contribution >= 0.6 is 11.6 Å². The van der Waals surface area contributed by atoms with Crippen molar-refractivity contribution >= 4 is 27.4 Å². The van der Waals surface area contributed by atoms with Crippen LogP contribution in [-0.4, -0.2) is 35.3 Å². The summed E-state index contributed by atoms with van der Waals surface area (Å²) in [5, 5.41) is 9.98. The highest BCUT2D eigenvalue weighted by Gasteiger charge is 2.21. The van der Waals surface area contributed by atoms with Crippen LogP contribution in [0.3, 0.4) is 0 Å². The molecule has 2 aromatic carbocycles. The molecule has 0 saturated carbocycles. The van der Waals surface area contributed by atoms with E-state index in [0.717, 1.165) is 6.26 Å². The van der Waals surface area contributed by atoms with E-state index in [0.29, 0.717) is 27.8 Å². The predicted octanol–water partition coefficient (Wildman–Crippen LogP) is 3.60. The number of sulfone groups is 1. The molecule has 0 aliphatic rings. The van der Waals surface area contributed by atoms with Crippen molar-refractivity contribution in [3.63, 3.8) is 0 Å². The van der Waals surface area contributed by atoms with Crippen molar-refractivity contribution in [3.8, 4) is 17.1 Å². The second-order valence-electron chi connectivity index (χ2n) is 5.78. The Bertz CT molecular complexity index is 1090. The van der Waals surface area contributed by atoms with Gasteiger partial charge in [-0.1, -0.05) is 11.6 Å². The molecule has 26 heavy (non-hydrogen) atoms. The molecule has 1 aromatic heterocycles. The molecule has 0 aliphatic carbocycles. The van der Waals surface area contributed by atoms with E-state index in [1.807, 2.05) is 0 Å². The van der Waals surface area contributed by atoms with Gasteiger partial charge >= 0.3 is 5.97 Å². The molecule has 0 atom stereocenters. The number of aromatic nitrogens is 2. The Hall–Kier alpha value is -2.64. The van der Waals surface area contributed by atoms with Crippen LogP contribution in [0, 0.1) is 6.92 Å². The first kappa shape index (κ1) is 18.2. The number of carboxylic acid groups (broad SMARTS) is 1. The van der Waals surface area contributed by atoms with Gasteiger partial charge in [-0.05, 0) is 55.5 Å². The van der Waals surface area contributed by atoms with E-state index in [-0.39, 0.29) is 10.6 Å². The van der Waals surface area contributed by atoms with Gasteiger partial charge < -0.3 is 5.11 Å². The van der Waals surface area contributed by atoms with Crippen molar-refractivity contribution in [2.24, 2.45) is 0 Å². The van der Waals surface area contributed by atoms with Crippen LogP contribution in [-0.2, 0) is 9.84 Å². The standard InChI is InChI=1S/C18H15ClN2O4S/c1-11-16(18(22)23)20-17(21(11)14-7-5-13(19)6-8-14)12-3-9-15(10-4-12)26(2,24)25/h3-10H,1-2H3,(H,22,23). The molecule has 0 unspecified atom stereocenters. The van der Waals surface area contributed by atoms with Crippen LogP contribution in [0.4, 0.5) is 0 Å². The third-order valence-corrected chi connectivity index (χ3v) is 5.32. The number of hydrogen-bond donors (Lipinski definition) is 1. The van der Waals surface area contributed by atoms with Crippen molar-refractivity contribution in [1.29, 1.82) is 0 Å². The summed E-state index contributed by atoms with van der Waals surface area (Å²) >= 11 is 5.94. The number of carboxylic acids is 1. The minimum Gasteiger partial charge on any atom is -0.476 e. The predicted molar refractivity (Wildman–Crippen MR) is 98.8 cm³/mol. The second kappa shape index (κ2) is 6.59. The zero-order valence-corrected chi connectivity index (χ0v) is 15.5. The first-order valence-corrected chi connectivity index (χ1v) is 9.84. The Labute approximate surface area is 155 Å². The van der Waals surface area contributed by atoms with Gasteiger partial charge in [-0.2, -0.15) is 0 Å². The lowest BCUT2D eigenvalue weighted by molar-refractivity contribution is 0.0690. The van der Waals surface area contributed by atoms with E-state index >= 15 is 0 Å². The molecule has 0 bridgehead atoms. The highest BCUT2D eigenvalue weighted by atomic mass is 35.5. The van der Waals surface area contributed by atoms with Crippen molar-refractivity contribution in [3.05, 3.63) is 64.9 Å². The van der Waals surface area contributed by atoms with Gasteiger partial charge in [-0.25, -0.2) is 18.2 Å². The number of benzene rings is 2. The summed E-state index contributed by atoms with van der Waals surface area (Å²) in [5.41, 5.74) is 1.70. The van der Waals surface area contributed by atoms with Crippen molar-refractivity contribution in [2.75, 3.05) is 6.26 Å². The topological polar surface area (TPSA) is 89.3 Å². The Morgan fingerprint density at radius 1 is 1.08 bits per heavy atom. The summed E-state index contributed by atoms with van der Waals surface area (Å²) in [7, 11) is -3.32. The summed E-state index contributed by atoms with van der Waals surface area (Å²) in [6.07, 6.45) is 1.13. The molecule has 0 saturated heterocycles. The van der Waals surface area contributed by atoms with Crippen LogP contribution in [0.1, 0.15) is 16.2 Å². The maximum atomic E-state index is 11.6. The zero-order chi connectivity index (χ0) is 19.1. The van der Waals surface area contributed by atoms with Gasteiger partial charge in [0.05, 0.1) is 10.6 Å². The van der Waals surface area contributed by atoms with Crippen LogP contribution in [0.2, 0.25) is 5.02 Å². The Morgan fingerprint density at radius 2 is 1.65 bits per heavy atom. The Kier molecular flexibility index (Phi) is 4.60. The highest BCUT2D eigenvalue weighted by Crippen LogP contribution is 2.28. The van der Waals surface area contributed by atoms with Gasteiger partial charge in [-0.15, -0.1) is 0 Å². The molecule has 6 nitrogen and oxygen atoms in total. The third kappa shape index (κ3) is 3.36. The number of carbonyl (C=O) groups is 1. The third-order valence-electron chi connectivity index (χ3n) is 3.94. The summed E-state index contributed by atoms with van der Waals surface area (Å²) < 4.78 is 25.0. The SMILES string of the molecule is Cc1c(C(=O)O)nc(-c2ccc(S(C)(=O)=O)cc2)n1-c1ccc(Cl)cc1. The lowest BCUT2D eigenvalue weighted by Gasteiger charge is -2.11. The molecule has 134 valence electrons. The van der Waals surface area contributed by atoms with Gasteiger partial charge in [0, 0.05) is 22.5 Å². The number of halogens is 1. The monoisotopic (exact) mass is 390 g/mol. The number of hydrogen-bond acceptors (Lipinski definition) is 4. The molecule has 0 aliphatic heterocycles.